The molecule has 1 aromatic rings. The van der Waals surface area contributed by atoms with Gasteiger partial charge in [-0.25, -0.2) is 0 Å². The molecule has 0 atom stereocenters. The summed E-state index contributed by atoms with van der Waals surface area (Å²) in [4.78, 5) is 0. The molecular weight excluding hydrogens is 316 g/mol. The predicted octanol–water partition coefficient (Wildman–Crippen LogP) is 4.33. The van der Waals surface area contributed by atoms with Gasteiger partial charge in [-0.1, -0.05) is 29.3 Å². The summed E-state index contributed by atoms with van der Waals surface area (Å²) in [6, 6.07) is 5.08. The summed E-state index contributed by atoms with van der Waals surface area (Å²) < 4.78 is 30.0. The number of ether oxygens (including phenoxy) is 1. The summed E-state index contributed by atoms with van der Waals surface area (Å²) in [5.74, 6) is 0.240. The average Bonchev–Trinajstić information content (AvgIpc) is 2.30. The summed E-state index contributed by atoms with van der Waals surface area (Å²) in [6.45, 7) is 0.912. The lowest BCUT2D eigenvalue weighted by molar-refractivity contribution is -0.0505. The summed E-state index contributed by atoms with van der Waals surface area (Å²) >= 11 is 3.35. The minimum Gasteiger partial charge on any atom is -0.434 e. The number of rotatable bonds is 6. The Morgan fingerprint density at radius 2 is 2.16 bits per heavy atom. The summed E-state index contributed by atoms with van der Waals surface area (Å²) in [6.07, 6.45) is 3.76. The molecule has 0 saturated heterocycles. The average molecular weight is 334 g/mol. The standard InChI is InChI=1S/C14H18BrF2NO/c1-14(5-2-6-14)9-18-8-10-7-11(15)3-4-12(10)19-13(16)17/h3-4,7,13,18H,2,5-6,8-9H2,1H3. The number of hydrogen-bond acceptors (Lipinski definition) is 2. The molecule has 0 heterocycles. The van der Waals surface area contributed by atoms with Gasteiger partial charge in [-0.2, -0.15) is 8.78 Å². The quantitative estimate of drug-likeness (QED) is 0.836. The van der Waals surface area contributed by atoms with Gasteiger partial charge in [0.1, 0.15) is 5.75 Å². The number of hydrogen-bond donors (Lipinski definition) is 1. The Morgan fingerprint density at radius 3 is 2.74 bits per heavy atom. The van der Waals surface area contributed by atoms with Gasteiger partial charge in [-0.05, 0) is 36.5 Å². The van der Waals surface area contributed by atoms with Crippen molar-refractivity contribution in [1.82, 2.24) is 5.32 Å². The second-order valence-electron chi connectivity index (χ2n) is 5.40. The first-order valence-corrected chi connectivity index (χ1v) is 7.22. The van der Waals surface area contributed by atoms with Crippen molar-refractivity contribution in [2.24, 2.45) is 5.41 Å². The fraction of sp³-hybridized carbons (Fsp3) is 0.571. The van der Waals surface area contributed by atoms with Crippen LogP contribution in [0.3, 0.4) is 0 Å². The van der Waals surface area contributed by atoms with E-state index < -0.39 is 6.61 Å². The van der Waals surface area contributed by atoms with Gasteiger partial charge >= 0.3 is 6.61 Å². The molecule has 0 aliphatic heterocycles. The highest BCUT2D eigenvalue weighted by molar-refractivity contribution is 9.10. The lowest BCUT2D eigenvalue weighted by Crippen LogP contribution is -2.37. The van der Waals surface area contributed by atoms with Crippen molar-refractivity contribution in [1.29, 1.82) is 0 Å². The van der Waals surface area contributed by atoms with Gasteiger partial charge in [0.15, 0.2) is 0 Å². The number of benzene rings is 1. The fourth-order valence-electron chi connectivity index (χ4n) is 2.35. The molecule has 0 aromatic heterocycles. The molecule has 106 valence electrons. The van der Waals surface area contributed by atoms with Gasteiger partial charge in [-0.3, -0.25) is 0 Å². The van der Waals surface area contributed by atoms with E-state index in [4.69, 9.17) is 0 Å². The molecule has 0 bridgehead atoms. The SMILES string of the molecule is CC1(CNCc2cc(Br)ccc2OC(F)F)CCC1. The van der Waals surface area contributed by atoms with Gasteiger partial charge < -0.3 is 10.1 Å². The van der Waals surface area contributed by atoms with Crippen LogP contribution in [-0.2, 0) is 6.54 Å². The van der Waals surface area contributed by atoms with Gasteiger partial charge in [0.05, 0.1) is 0 Å². The van der Waals surface area contributed by atoms with E-state index in [1.807, 2.05) is 6.07 Å². The van der Waals surface area contributed by atoms with Crippen molar-refractivity contribution in [3.63, 3.8) is 0 Å². The van der Waals surface area contributed by atoms with Crippen molar-refractivity contribution < 1.29 is 13.5 Å². The maximum absolute atomic E-state index is 12.3. The lowest BCUT2D eigenvalue weighted by atomic mass is 9.70. The molecule has 5 heteroatoms. The van der Waals surface area contributed by atoms with Crippen molar-refractivity contribution in [3.8, 4) is 5.75 Å². The van der Waals surface area contributed by atoms with Gasteiger partial charge in [-0.15, -0.1) is 0 Å². The monoisotopic (exact) mass is 333 g/mol. The van der Waals surface area contributed by atoms with Crippen LogP contribution in [0, 0.1) is 5.41 Å². The molecule has 2 nitrogen and oxygen atoms in total. The van der Waals surface area contributed by atoms with Crippen molar-refractivity contribution in [3.05, 3.63) is 28.2 Å². The van der Waals surface area contributed by atoms with Crippen LogP contribution < -0.4 is 10.1 Å². The Labute approximate surface area is 120 Å². The highest BCUT2D eigenvalue weighted by Gasteiger charge is 2.30. The zero-order valence-electron chi connectivity index (χ0n) is 10.9. The van der Waals surface area contributed by atoms with Crippen LogP contribution in [0.15, 0.2) is 22.7 Å². The first-order valence-electron chi connectivity index (χ1n) is 6.42. The molecular formula is C14H18BrF2NO. The zero-order valence-corrected chi connectivity index (χ0v) is 12.5. The molecule has 0 spiro atoms. The third-order valence-corrected chi connectivity index (χ3v) is 4.16. The van der Waals surface area contributed by atoms with Crippen LogP contribution in [0.5, 0.6) is 5.75 Å². The molecule has 0 amide bonds. The lowest BCUT2D eigenvalue weighted by Gasteiger charge is -2.38. The number of alkyl halides is 2. The molecule has 19 heavy (non-hydrogen) atoms. The Hall–Kier alpha value is -0.680. The molecule has 0 radical (unpaired) electrons. The van der Waals surface area contributed by atoms with E-state index in [1.165, 1.54) is 19.3 Å². The van der Waals surface area contributed by atoms with E-state index in [1.54, 1.807) is 12.1 Å². The van der Waals surface area contributed by atoms with E-state index in [0.29, 0.717) is 12.0 Å². The minimum absolute atomic E-state index is 0.240. The molecule has 2 rings (SSSR count). The summed E-state index contributed by atoms with van der Waals surface area (Å²) in [5.41, 5.74) is 1.12. The summed E-state index contributed by atoms with van der Waals surface area (Å²) in [5, 5.41) is 3.34. The fourth-order valence-corrected chi connectivity index (χ4v) is 2.76. The zero-order chi connectivity index (χ0) is 13.9. The van der Waals surface area contributed by atoms with Crippen molar-refractivity contribution in [2.75, 3.05) is 6.54 Å². The van der Waals surface area contributed by atoms with Gasteiger partial charge in [0, 0.05) is 23.1 Å². The van der Waals surface area contributed by atoms with E-state index in [9.17, 15) is 8.78 Å². The van der Waals surface area contributed by atoms with Crippen LogP contribution >= 0.6 is 15.9 Å². The molecule has 1 aromatic carbocycles. The number of nitrogens with one attached hydrogen (secondary N) is 1. The normalized spacial score (nSPS) is 17.3. The second kappa shape index (κ2) is 6.18. The Kier molecular flexibility index (Phi) is 4.79. The number of halogens is 3. The van der Waals surface area contributed by atoms with Crippen LogP contribution in [-0.4, -0.2) is 13.2 Å². The molecule has 1 aliphatic rings. The molecule has 1 saturated carbocycles. The third kappa shape index (κ3) is 4.14. The third-order valence-electron chi connectivity index (χ3n) is 3.67. The maximum atomic E-state index is 12.3. The highest BCUT2D eigenvalue weighted by Crippen LogP contribution is 2.39. The van der Waals surface area contributed by atoms with Gasteiger partial charge in [0.25, 0.3) is 0 Å². The molecule has 1 fully saturated rings. The molecule has 1 aliphatic carbocycles. The second-order valence-corrected chi connectivity index (χ2v) is 6.31. The van der Waals surface area contributed by atoms with Crippen LogP contribution in [0.2, 0.25) is 0 Å². The first-order chi connectivity index (χ1) is 8.98. The Bertz CT molecular complexity index is 435. The molecule has 1 N–H and O–H groups in total. The van der Waals surface area contributed by atoms with E-state index in [2.05, 4.69) is 32.9 Å². The Balaban J connectivity index is 1.95. The van der Waals surface area contributed by atoms with Crippen molar-refractivity contribution >= 4 is 15.9 Å². The van der Waals surface area contributed by atoms with E-state index >= 15 is 0 Å². The van der Waals surface area contributed by atoms with E-state index in [-0.39, 0.29) is 5.75 Å². The van der Waals surface area contributed by atoms with Crippen LogP contribution in [0.1, 0.15) is 31.7 Å². The van der Waals surface area contributed by atoms with Crippen LogP contribution in [0.4, 0.5) is 8.78 Å². The highest BCUT2D eigenvalue weighted by atomic mass is 79.9. The maximum Gasteiger partial charge on any atom is 0.387 e. The Morgan fingerprint density at radius 1 is 1.42 bits per heavy atom. The predicted molar refractivity (Wildman–Crippen MR) is 74.4 cm³/mol. The minimum atomic E-state index is -2.79. The van der Waals surface area contributed by atoms with Crippen molar-refractivity contribution in [2.45, 2.75) is 39.3 Å². The topological polar surface area (TPSA) is 21.3 Å². The van der Waals surface area contributed by atoms with Crippen LogP contribution in [0.25, 0.3) is 0 Å². The largest absolute Gasteiger partial charge is 0.434 e. The summed E-state index contributed by atoms with van der Waals surface area (Å²) in [7, 11) is 0. The first kappa shape index (κ1) is 14.7. The molecule has 0 unspecified atom stereocenters. The van der Waals surface area contributed by atoms with Gasteiger partial charge in [0.2, 0.25) is 0 Å². The smallest absolute Gasteiger partial charge is 0.387 e. The van der Waals surface area contributed by atoms with E-state index in [0.717, 1.165) is 16.6 Å².